The van der Waals surface area contributed by atoms with E-state index in [1.54, 1.807) is 133 Å². The van der Waals surface area contributed by atoms with E-state index in [-0.39, 0.29) is 85.1 Å². The lowest BCUT2D eigenvalue weighted by Crippen LogP contribution is -2.13. The van der Waals surface area contributed by atoms with Crippen molar-refractivity contribution in [3.8, 4) is 70.3 Å². The van der Waals surface area contributed by atoms with Gasteiger partial charge in [-0.25, -0.2) is 14.8 Å². The fourth-order valence-corrected chi connectivity index (χ4v) is 10.9. The Morgan fingerprint density at radius 1 is 0.407 bits per heavy atom. The number of carboxylic acid groups (broad SMARTS) is 1. The van der Waals surface area contributed by atoms with Crippen molar-refractivity contribution in [1.29, 1.82) is 21.0 Å². The minimum absolute atomic E-state index is 0.0627. The number of nitrogens with one attached hydrogen (secondary N) is 2. The number of halogens is 3. The number of ether oxygens (including phenoxy) is 8. The Balaban J connectivity index is 0.000000184. The zero-order valence-electron chi connectivity index (χ0n) is 62.3. The number of rotatable bonds is 27. The van der Waals surface area contributed by atoms with E-state index >= 15 is 0 Å². The summed E-state index contributed by atoms with van der Waals surface area (Å²) in [4.78, 5) is 88.7. The highest BCUT2D eigenvalue weighted by molar-refractivity contribution is 6.67. The van der Waals surface area contributed by atoms with E-state index in [0.29, 0.717) is 94.8 Å². The van der Waals surface area contributed by atoms with Gasteiger partial charge >= 0.3 is 17.9 Å². The minimum Gasteiger partial charge on any atom is -0.489 e. The molecule has 0 bridgehead atoms. The van der Waals surface area contributed by atoms with E-state index in [4.69, 9.17) is 94.1 Å². The highest BCUT2D eigenvalue weighted by Crippen LogP contribution is 2.32. The monoisotopic (exact) mass is 1640 g/mol. The Labute approximate surface area is 689 Å². The minimum atomic E-state index is -1.17. The second kappa shape index (κ2) is 43.4. The number of carboxylic acids is 1. The number of hydrogen-bond donors (Lipinski definition) is 4. The molecule has 0 unspecified atom stereocenters. The van der Waals surface area contributed by atoms with Crippen LogP contribution in [0.3, 0.4) is 0 Å². The molecule has 12 aromatic rings. The molecule has 0 aliphatic rings. The molecule has 2 aromatic heterocycles. The molecule has 2 heterocycles. The Hall–Kier alpha value is -15.7. The van der Waals surface area contributed by atoms with E-state index in [1.165, 1.54) is 80.7 Å². The Morgan fingerprint density at radius 2 is 0.695 bits per heavy atom. The van der Waals surface area contributed by atoms with Crippen LogP contribution in [0.15, 0.2) is 255 Å². The maximum atomic E-state index is 13.0. The summed E-state index contributed by atoms with van der Waals surface area (Å²) >= 11 is 17.9. The third kappa shape index (κ3) is 26.8. The molecule has 590 valence electrons. The maximum absolute atomic E-state index is 13.0. The summed E-state index contributed by atoms with van der Waals surface area (Å²) in [6, 6.07) is 74.8. The van der Waals surface area contributed by atoms with Crippen molar-refractivity contribution < 1.29 is 76.7 Å². The number of anilines is 3. The topological polar surface area (TPSA) is 411 Å². The Morgan fingerprint density at radius 3 is 0.992 bits per heavy atom. The van der Waals surface area contributed by atoms with E-state index < -0.39 is 39.9 Å². The number of pyridine rings is 2. The predicted octanol–water partition coefficient (Wildman–Crippen LogP) is 17.7. The molecule has 0 fully saturated rings. The van der Waals surface area contributed by atoms with Crippen LogP contribution in [0.25, 0.3) is 0 Å². The lowest BCUT2D eigenvalue weighted by Gasteiger charge is -2.13. The molecule has 0 aliphatic carbocycles. The first-order valence-electron chi connectivity index (χ1n) is 34.9. The summed E-state index contributed by atoms with van der Waals surface area (Å²) in [6.45, 7) is 3.30. The molecule has 5 N–H and O–H groups in total. The molecule has 27 nitrogen and oxygen atoms in total. The molecule has 0 saturated carbocycles. The average Bonchev–Trinajstić information content (AvgIpc) is 0.840. The van der Waals surface area contributed by atoms with Gasteiger partial charge in [-0.3, -0.25) is 34.1 Å². The number of carbonyl (C=O) groups excluding carboxylic acids is 5. The molecule has 118 heavy (non-hydrogen) atoms. The predicted molar refractivity (Wildman–Crippen MR) is 435 cm³/mol. The molecular formula is C88H65Cl3N10O17. The van der Waals surface area contributed by atoms with Gasteiger partial charge in [0.15, 0.2) is 0 Å². The summed E-state index contributed by atoms with van der Waals surface area (Å²) in [7, 11) is 0. The molecule has 0 saturated heterocycles. The van der Waals surface area contributed by atoms with Crippen LogP contribution in [0.4, 0.5) is 23.0 Å². The molecule has 2 amide bonds. The maximum Gasteiger partial charge on any atom is 0.335 e. The Kier molecular flexibility index (Phi) is 31.8. The Bertz CT molecular complexity index is 5720. The molecule has 10 aromatic carbocycles. The molecule has 0 spiro atoms. The molecular weight excluding hydrogens is 1580 g/mol. The molecule has 0 aliphatic heterocycles. The first-order valence-corrected chi connectivity index (χ1v) is 36.1. The van der Waals surface area contributed by atoms with Gasteiger partial charge in [-0.1, -0.05) is 132 Å². The first kappa shape index (κ1) is 86.3. The van der Waals surface area contributed by atoms with Crippen LogP contribution < -0.4 is 54.3 Å². The van der Waals surface area contributed by atoms with Crippen LogP contribution in [0.5, 0.6) is 46.0 Å². The SMILES string of the molecule is CC(=O)Oc1cc(OCc2ccccc2C#N)cc(C(=O)Cl)c1.CC(=O)Oc1cc(OCc2ccccc2C#N)cc(C(=O)O)c1.N#Cc1ccccc1COc1cc(OCc2ccccc2Cl)cc(C(=O)Nc2ccc(N)cn2)c1.N#Cc1ccccc1COc1cc(OCc2ccccc2Cl)cc(C(=O)Nc2ccc([N+](=O)[O-])cn2)c1. The number of hydrogen-bond acceptors (Lipinski definition) is 23. The third-order valence-corrected chi connectivity index (χ3v) is 17.1. The van der Waals surface area contributed by atoms with Crippen LogP contribution >= 0.6 is 34.8 Å². The van der Waals surface area contributed by atoms with E-state index in [9.17, 15) is 49.4 Å². The number of benzene rings is 10. The van der Waals surface area contributed by atoms with Crippen LogP contribution in [0.2, 0.25) is 10.0 Å². The van der Waals surface area contributed by atoms with Gasteiger partial charge in [0.05, 0.1) is 68.9 Å². The lowest BCUT2D eigenvalue weighted by atomic mass is 10.1. The van der Waals surface area contributed by atoms with Crippen molar-refractivity contribution in [2.24, 2.45) is 0 Å². The van der Waals surface area contributed by atoms with Crippen molar-refractivity contribution >= 4 is 92.8 Å². The number of esters is 2. The van der Waals surface area contributed by atoms with Crippen molar-refractivity contribution in [3.63, 3.8) is 0 Å². The average molecular weight is 1640 g/mol. The summed E-state index contributed by atoms with van der Waals surface area (Å²) in [5, 5.41) is 62.5. The zero-order valence-corrected chi connectivity index (χ0v) is 64.6. The number of nitriles is 4. The summed E-state index contributed by atoms with van der Waals surface area (Å²) in [6.07, 6.45) is 2.51. The number of aromatic carboxylic acids is 1. The van der Waals surface area contributed by atoms with Crippen molar-refractivity contribution in [3.05, 3.63) is 353 Å². The van der Waals surface area contributed by atoms with Gasteiger partial charge in [-0.05, 0) is 115 Å². The van der Waals surface area contributed by atoms with Crippen LogP contribution in [0.1, 0.15) is 111 Å². The summed E-state index contributed by atoms with van der Waals surface area (Å²) in [5.41, 5.74) is 12.9. The number of nitrogens with two attached hydrogens (primary N) is 1. The fourth-order valence-electron chi connectivity index (χ4n) is 10.4. The second-order valence-corrected chi connectivity index (χ2v) is 25.7. The molecule has 12 rings (SSSR count). The quantitative estimate of drug-likeness (QED) is 0.0122. The van der Waals surface area contributed by atoms with Crippen LogP contribution in [-0.2, 0) is 49.2 Å². The van der Waals surface area contributed by atoms with Crippen molar-refractivity contribution in [2.75, 3.05) is 16.4 Å². The number of carbonyl (C=O) groups is 6. The van der Waals surface area contributed by atoms with Gasteiger partial charge in [0, 0.05) is 104 Å². The van der Waals surface area contributed by atoms with Gasteiger partial charge in [0.1, 0.15) is 103 Å². The largest absolute Gasteiger partial charge is 0.489 e. The van der Waals surface area contributed by atoms with Crippen molar-refractivity contribution in [2.45, 2.75) is 53.5 Å². The van der Waals surface area contributed by atoms with E-state index in [0.717, 1.165) is 22.9 Å². The molecule has 30 heteroatoms. The zero-order chi connectivity index (χ0) is 84.5. The van der Waals surface area contributed by atoms with E-state index in [2.05, 4.69) is 44.9 Å². The van der Waals surface area contributed by atoms with Gasteiger partial charge in [-0.15, -0.1) is 0 Å². The first-order chi connectivity index (χ1) is 56.9. The van der Waals surface area contributed by atoms with Crippen LogP contribution in [0, 0.1) is 55.4 Å². The summed E-state index contributed by atoms with van der Waals surface area (Å²) in [5.74, 6) is -0.363. The normalized spacial score (nSPS) is 10.1. The number of aromatic nitrogens is 2. The van der Waals surface area contributed by atoms with Crippen LogP contribution in [-0.4, -0.2) is 55.0 Å². The smallest absolute Gasteiger partial charge is 0.335 e. The van der Waals surface area contributed by atoms with Gasteiger partial charge in [0.2, 0.25) is 0 Å². The van der Waals surface area contributed by atoms with Gasteiger partial charge in [-0.2, -0.15) is 21.0 Å². The lowest BCUT2D eigenvalue weighted by molar-refractivity contribution is -0.385. The fraction of sp³-hybridized carbons (Fsp3) is 0.0909. The van der Waals surface area contributed by atoms with Crippen molar-refractivity contribution in [1.82, 2.24) is 9.97 Å². The number of nitrogen functional groups attached to an aromatic ring is 1. The molecule has 0 radical (unpaired) electrons. The molecule has 0 atom stereocenters. The highest BCUT2D eigenvalue weighted by Gasteiger charge is 2.19. The van der Waals surface area contributed by atoms with E-state index in [1.807, 2.05) is 48.5 Å². The van der Waals surface area contributed by atoms with Gasteiger partial charge in [0.25, 0.3) is 22.7 Å². The summed E-state index contributed by atoms with van der Waals surface area (Å²) < 4.78 is 44.7. The number of nitro groups is 1. The van der Waals surface area contributed by atoms with Gasteiger partial charge < -0.3 is 59.4 Å². The third-order valence-electron chi connectivity index (χ3n) is 16.1. The number of nitrogens with zero attached hydrogens (tertiary/aromatic N) is 7. The number of amides is 2. The highest BCUT2D eigenvalue weighted by atomic mass is 35.5. The standard InChI is InChI=1S/C27H19ClN4O5.C27H21ClN4O3.C17H12ClNO4.C17H13NO5/c28-25-8-4-3-7-20(25)17-37-24-12-21(27(33)31-26-10-9-22(15-30-26)32(34)35)11-23(13-24)36-16-19-6-2-1-5-18(19)14-29;28-25-8-4-3-7-20(25)17-35-24-12-21(27(33)32-26-10-9-22(30)15-31-26)11-23(13-24)34-16-19-6-2-1-5-18(19)14-29;1-11(20)23-16-7-14(17(18)21)6-15(8-16)22-10-13-5-3-2-4-12(13)9-19;1-11(19)23-16-7-14(17(20)21)6-15(8-16)22-10-13-5-3-2-4-12(13)9-18/h1-13,15H,16-17H2,(H,30,31,33);1-13,15H,16-17,30H2,(H,31,32,33);2-8H,10H2,1H3;2-8H,10H2,1H3,(H,20,21). The second-order valence-electron chi connectivity index (χ2n) is 24.6.